The van der Waals surface area contributed by atoms with Gasteiger partial charge < -0.3 is 29.4 Å². The highest BCUT2D eigenvalue weighted by Gasteiger charge is 2.54. The summed E-state index contributed by atoms with van der Waals surface area (Å²) in [5.41, 5.74) is 5.66. The Bertz CT molecular complexity index is 1940. The van der Waals surface area contributed by atoms with Crippen molar-refractivity contribution in [3.05, 3.63) is 106 Å². The van der Waals surface area contributed by atoms with Gasteiger partial charge >= 0.3 is 5.97 Å². The lowest BCUT2D eigenvalue weighted by Gasteiger charge is -2.47. The number of fused-ring (bicyclic) bond motifs is 3. The Labute approximate surface area is 318 Å². The second-order valence-electron chi connectivity index (χ2n) is 15.5. The molecule has 9 heteroatoms. The second kappa shape index (κ2) is 15.5. The van der Waals surface area contributed by atoms with Gasteiger partial charge in [0.15, 0.2) is 11.5 Å². The number of aryl methyl sites for hydroxylation is 1. The SMILES string of the molecule is COc1cccc(OCc2ccc3c(c2)C2(CCC(Nc4cccc(Cl)c4)(C(=O)O)CC2)[C@@H](C[C@@H](C)COc2ccnc4c2[C@H](C)CCC4)C3)c1OC. The quantitative estimate of drug-likeness (QED) is 0.140. The number of pyridine rings is 1. The number of rotatable bonds is 13. The van der Waals surface area contributed by atoms with Crippen LogP contribution in [-0.2, 0) is 29.7 Å². The molecule has 3 aromatic carbocycles. The number of anilines is 1. The number of methoxy groups -OCH3 is 2. The first-order valence-corrected chi connectivity index (χ1v) is 19.4. The zero-order valence-corrected chi connectivity index (χ0v) is 32.0. The molecule has 1 heterocycles. The van der Waals surface area contributed by atoms with Crippen molar-refractivity contribution < 1.29 is 28.8 Å². The van der Waals surface area contributed by atoms with Gasteiger partial charge in [-0.05, 0) is 134 Å². The lowest BCUT2D eigenvalue weighted by atomic mass is 9.59. The van der Waals surface area contributed by atoms with E-state index in [9.17, 15) is 9.90 Å². The third-order valence-electron chi connectivity index (χ3n) is 12.1. The first-order valence-electron chi connectivity index (χ1n) is 19.0. The summed E-state index contributed by atoms with van der Waals surface area (Å²) in [5.74, 6) is 3.05. The van der Waals surface area contributed by atoms with Crippen molar-refractivity contribution in [3.63, 3.8) is 0 Å². The van der Waals surface area contributed by atoms with Gasteiger partial charge in [0.2, 0.25) is 5.75 Å². The van der Waals surface area contributed by atoms with Crippen LogP contribution in [0.5, 0.6) is 23.0 Å². The van der Waals surface area contributed by atoms with Crippen LogP contribution in [0.3, 0.4) is 0 Å². The fraction of sp³-hybridized carbons (Fsp3) is 0.455. The van der Waals surface area contributed by atoms with Crippen molar-refractivity contribution in [2.45, 2.75) is 95.1 Å². The number of ether oxygens (including phenoxy) is 4. The molecule has 4 aromatic rings. The van der Waals surface area contributed by atoms with Crippen LogP contribution >= 0.6 is 11.6 Å². The molecule has 1 fully saturated rings. The van der Waals surface area contributed by atoms with E-state index >= 15 is 0 Å². The molecule has 280 valence electrons. The van der Waals surface area contributed by atoms with Crippen LogP contribution < -0.4 is 24.3 Å². The smallest absolute Gasteiger partial charge is 0.329 e. The fourth-order valence-corrected chi connectivity index (χ4v) is 9.56. The van der Waals surface area contributed by atoms with Gasteiger partial charge in [-0.2, -0.15) is 0 Å². The molecule has 3 aliphatic rings. The van der Waals surface area contributed by atoms with Crippen LogP contribution in [0.25, 0.3) is 0 Å². The molecule has 8 nitrogen and oxygen atoms in total. The topological polar surface area (TPSA) is 99.1 Å². The normalized spacial score (nSPS) is 23.8. The maximum atomic E-state index is 13.0. The Balaban J connectivity index is 1.14. The molecule has 0 saturated heterocycles. The number of nitrogens with zero attached hydrogens (tertiary/aromatic N) is 1. The Morgan fingerprint density at radius 3 is 2.53 bits per heavy atom. The molecule has 0 bridgehead atoms. The van der Waals surface area contributed by atoms with Crippen molar-refractivity contribution in [3.8, 4) is 23.0 Å². The Morgan fingerprint density at radius 2 is 1.77 bits per heavy atom. The van der Waals surface area contributed by atoms with Crippen LogP contribution in [0.4, 0.5) is 5.69 Å². The van der Waals surface area contributed by atoms with Crippen LogP contribution in [-0.4, -0.2) is 42.4 Å². The third kappa shape index (κ3) is 7.40. The molecular formula is C44H51ClN2O6. The van der Waals surface area contributed by atoms with Crippen LogP contribution in [0.1, 0.15) is 92.7 Å². The number of aliphatic carboxylic acids is 1. The van der Waals surface area contributed by atoms with Crippen LogP contribution in [0, 0.1) is 11.8 Å². The number of carbonyl (C=O) groups is 1. The maximum Gasteiger partial charge on any atom is 0.329 e. The number of hydrogen-bond acceptors (Lipinski definition) is 7. The number of para-hydroxylation sites is 1. The molecule has 1 saturated carbocycles. The van der Waals surface area contributed by atoms with Gasteiger partial charge in [0.05, 0.1) is 20.8 Å². The summed E-state index contributed by atoms with van der Waals surface area (Å²) in [5, 5.41) is 14.7. The molecule has 1 spiro atoms. The summed E-state index contributed by atoms with van der Waals surface area (Å²) in [6.45, 7) is 5.57. The first kappa shape index (κ1) is 36.9. The second-order valence-corrected chi connectivity index (χ2v) is 15.9. The number of carboxylic acids is 1. The average molecular weight is 739 g/mol. The van der Waals surface area contributed by atoms with Crippen LogP contribution in [0.15, 0.2) is 72.9 Å². The monoisotopic (exact) mass is 738 g/mol. The van der Waals surface area contributed by atoms with Gasteiger partial charge in [0.25, 0.3) is 0 Å². The van der Waals surface area contributed by atoms with E-state index in [1.807, 2.05) is 42.6 Å². The minimum absolute atomic E-state index is 0.174. The minimum atomic E-state index is -1.08. The summed E-state index contributed by atoms with van der Waals surface area (Å²) in [4.78, 5) is 17.7. The largest absolute Gasteiger partial charge is 0.493 e. The zero-order chi connectivity index (χ0) is 37.2. The summed E-state index contributed by atoms with van der Waals surface area (Å²) in [6, 6.07) is 21.7. The summed E-state index contributed by atoms with van der Waals surface area (Å²) in [7, 11) is 3.23. The van der Waals surface area contributed by atoms with Gasteiger partial charge in [0.1, 0.15) is 17.9 Å². The summed E-state index contributed by atoms with van der Waals surface area (Å²) in [6.07, 6.45) is 9.67. The van der Waals surface area contributed by atoms with Crippen LogP contribution in [0.2, 0.25) is 5.02 Å². The molecule has 7 rings (SSSR count). The molecule has 3 aliphatic carbocycles. The number of aromatic nitrogens is 1. The van der Waals surface area contributed by atoms with Gasteiger partial charge in [-0.3, -0.25) is 4.98 Å². The highest BCUT2D eigenvalue weighted by Crippen LogP contribution is 2.56. The summed E-state index contributed by atoms with van der Waals surface area (Å²) < 4.78 is 24.0. The van der Waals surface area contributed by atoms with Crippen molar-refractivity contribution in [2.24, 2.45) is 11.8 Å². The number of carboxylic acid groups (broad SMARTS) is 1. The number of nitrogens with one attached hydrogen (secondary N) is 1. The van der Waals surface area contributed by atoms with Crippen molar-refractivity contribution in [1.29, 1.82) is 0 Å². The molecule has 0 unspecified atom stereocenters. The molecule has 1 aromatic heterocycles. The highest BCUT2D eigenvalue weighted by atomic mass is 35.5. The molecule has 0 amide bonds. The van der Waals surface area contributed by atoms with Gasteiger partial charge in [0, 0.05) is 28.2 Å². The Kier molecular flexibility index (Phi) is 10.8. The van der Waals surface area contributed by atoms with E-state index in [1.165, 1.54) is 28.8 Å². The zero-order valence-electron chi connectivity index (χ0n) is 31.3. The predicted octanol–water partition coefficient (Wildman–Crippen LogP) is 9.80. The van der Waals surface area contributed by atoms with Crippen molar-refractivity contribution in [1.82, 2.24) is 4.98 Å². The van der Waals surface area contributed by atoms with E-state index in [2.05, 4.69) is 42.3 Å². The molecule has 53 heavy (non-hydrogen) atoms. The van der Waals surface area contributed by atoms with E-state index in [4.69, 9.17) is 30.5 Å². The van der Waals surface area contributed by atoms with E-state index in [1.54, 1.807) is 26.4 Å². The van der Waals surface area contributed by atoms with Gasteiger partial charge in [-0.25, -0.2) is 4.79 Å². The summed E-state index contributed by atoms with van der Waals surface area (Å²) >= 11 is 6.30. The molecule has 2 N–H and O–H groups in total. The highest BCUT2D eigenvalue weighted by molar-refractivity contribution is 6.30. The maximum absolute atomic E-state index is 13.0. The molecule has 0 aliphatic heterocycles. The molecular weight excluding hydrogens is 688 g/mol. The predicted molar refractivity (Wildman–Crippen MR) is 208 cm³/mol. The van der Waals surface area contributed by atoms with Crippen molar-refractivity contribution in [2.75, 3.05) is 26.1 Å². The fourth-order valence-electron chi connectivity index (χ4n) is 9.37. The lowest BCUT2D eigenvalue weighted by Crippen LogP contribution is -2.53. The number of halogens is 1. The van der Waals surface area contributed by atoms with E-state index in [0.29, 0.717) is 66.1 Å². The average Bonchev–Trinajstić information content (AvgIpc) is 3.44. The molecule has 3 atom stereocenters. The Hall–Kier alpha value is -4.43. The van der Waals surface area contributed by atoms with Crippen molar-refractivity contribution >= 4 is 23.3 Å². The Morgan fingerprint density at radius 1 is 0.981 bits per heavy atom. The number of benzene rings is 3. The van der Waals surface area contributed by atoms with Gasteiger partial charge in [-0.15, -0.1) is 0 Å². The van der Waals surface area contributed by atoms with Gasteiger partial charge in [-0.1, -0.05) is 55.8 Å². The molecule has 0 radical (unpaired) electrons. The number of hydrogen-bond donors (Lipinski definition) is 2. The van der Waals surface area contributed by atoms with E-state index in [0.717, 1.165) is 55.5 Å². The van der Waals surface area contributed by atoms with E-state index < -0.39 is 11.5 Å². The third-order valence-corrected chi connectivity index (χ3v) is 12.4. The van der Waals surface area contributed by atoms with E-state index in [-0.39, 0.29) is 5.41 Å². The minimum Gasteiger partial charge on any atom is -0.493 e. The standard InChI is InChI=1S/C44H51ClN2O6/c1-28(26-52-37-16-21-46-36-11-5-8-29(2)40(36)37)22-32-24-31-15-14-30(27-53-39-13-7-12-38(50-3)41(39)51-4)23-35(31)43(32)17-19-44(20-18-43,42(48)49)47-34-10-6-9-33(45)25-34/h6-7,9-10,12-16,21,23,25,28-29,32,47H,5,8,11,17-20,22,24,26-27H2,1-4H3,(H,48,49)/t28-,29-,32+,43?,44?/m1/s1. The first-order chi connectivity index (χ1) is 25.6. The lowest BCUT2D eigenvalue weighted by molar-refractivity contribution is -0.144.